The van der Waals surface area contributed by atoms with E-state index in [1.807, 2.05) is 0 Å². The molecule has 3 N–H and O–H groups in total. The van der Waals surface area contributed by atoms with Gasteiger partial charge in [0.15, 0.2) is 0 Å². The van der Waals surface area contributed by atoms with Gasteiger partial charge in [0.1, 0.15) is 18.0 Å². The highest BCUT2D eigenvalue weighted by molar-refractivity contribution is 5.74. The van der Waals surface area contributed by atoms with Crippen LogP contribution in [0.25, 0.3) is 0 Å². The van der Waals surface area contributed by atoms with Gasteiger partial charge in [-0.2, -0.15) is 0 Å². The van der Waals surface area contributed by atoms with Gasteiger partial charge in [-0.1, -0.05) is 18.2 Å². The third kappa shape index (κ3) is 3.95. The van der Waals surface area contributed by atoms with Gasteiger partial charge >= 0.3 is 0 Å². The summed E-state index contributed by atoms with van der Waals surface area (Å²) in [5.74, 6) is 0.560. The number of fused-ring (bicyclic) bond motifs is 1. The van der Waals surface area contributed by atoms with Crippen molar-refractivity contribution in [2.75, 3.05) is 19.8 Å². The fourth-order valence-corrected chi connectivity index (χ4v) is 2.36. The molecule has 20 heavy (non-hydrogen) atoms. The highest BCUT2D eigenvalue weighted by Crippen LogP contribution is 2.37. The average Bonchev–Trinajstić information content (AvgIpc) is 2.67. The van der Waals surface area contributed by atoms with E-state index in [0.717, 1.165) is 24.3 Å². The van der Waals surface area contributed by atoms with E-state index in [-0.39, 0.29) is 12.2 Å². The van der Waals surface area contributed by atoms with Crippen molar-refractivity contribution in [3.63, 3.8) is 0 Å². The second kappa shape index (κ2) is 6.24. The smallest absolute Gasteiger partial charge is 0.243 e. The molecule has 1 aromatic rings. The Labute approximate surface area is 119 Å². The van der Waals surface area contributed by atoms with Crippen LogP contribution in [0.4, 0.5) is 0 Å². The number of para-hydroxylation sites is 1. The number of rotatable bonds is 7. The maximum atomic E-state index is 10.5. The lowest BCUT2D eigenvalue weighted by Gasteiger charge is -2.18. The minimum atomic E-state index is -0.443. The topological polar surface area (TPSA) is 73.6 Å². The van der Waals surface area contributed by atoms with Crippen molar-refractivity contribution in [1.82, 2.24) is 5.32 Å². The summed E-state index contributed by atoms with van der Waals surface area (Å²) in [5.41, 5.74) is 7.28. The Morgan fingerprint density at radius 1 is 1.50 bits per heavy atom. The van der Waals surface area contributed by atoms with E-state index in [9.17, 15) is 4.79 Å². The molecule has 0 spiro atoms. The summed E-state index contributed by atoms with van der Waals surface area (Å²) < 4.78 is 11.1. The van der Waals surface area contributed by atoms with Gasteiger partial charge in [0.25, 0.3) is 0 Å². The molecule has 0 bridgehead atoms. The van der Waals surface area contributed by atoms with Crippen LogP contribution in [0.3, 0.4) is 0 Å². The summed E-state index contributed by atoms with van der Waals surface area (Å²) in [7, 11) is 0. The first-order valence-corrected chi connectivity index (χ1v) is 6.84. The maximum Gasteiger partial charge on any atom is 0.243 e. The fraction of sp³-hybridized carbons (Fsp3) is 0.533. The molecule has 1 aliphatic heterocycles. The summed E-state index contributed by atoms with van der Waals surface area (Å²) in [6.45, 7) is 6.02. The van der Waals surface area contributed by atoms with Crippen LogP contribution >= 0.6 is 0 Å². The number of carbonyl (C=O) groups excluding carboxylic acids is 1. The first kappa shape index (κ1) is 14.8. The molecule has 0 atom stereocenters. The molecular formula is C15H22N2O3. The number of hydrogen-bond acceptors (Lipinski definition) is 4. The number of nitrogens with one attached hydrogen (secondary N) is 1. The van der Waals surface area contributed by atoms with Crippen molar-refractivity contribution >= 4 is 5.91 Å². The van der Waals surface area contributed by atoms with Crippen LogP contribution in [0.1, 0.15) is 25.0 Å². The Kier molecular flexibility index (Phi) is 4.62. The van der Waals surface area contributed by atoms with Gasteiger partial charge in [0.2, 0.25) is 5.91 Å². The molecule has 0 unspecified atom stereocenters. The van der Waals surface area contributed by atoms with Gasteiger partial charge in [-0.3, -0.25) is 4.79 Å². The molecule has 1 heterocycles. The Morgan fingerprint density at radius 2 is 2.30 bits per heavy atom. The lowest BCUT2D eigenvalue weighted by atomic mass is 10.0. The van der Waals surface area contributed by atoms with Crippen molar-refractivity contribution in [2.45, 2.75) is 32.4 Å². The maximum absolute atomic E-state index is 10.5. The summed E-state index contributed by atoms with van der Waals surface area (Å²) in [5, 5.41) is 3.28. The molecule has 0 fully saturated rings. The van der Waals surface area contributed by atoms with Crippen LogP contribution < -0.4 is 15.8 Å². The highest BCUT2D eigenvalue weighted by Gasteiger charge is 2.31. The second-order valence-corrected chi connectivity index (χ2v) is 5.64. The highest BCUT2D eigenvalue weighted by atomic mass is 16.5. The molecule has 1 aromatic carbocycles. The molecule has 0 saturated heterocycles. The largest absolute Gasteiger partial charge is 0.487 e. The number of primary amides is 1. The number of ether oxygens (including phenoxy) is 2. The predicted molar refractivity (Wildman–Crippen MR) is 76.6 cm³/mol. The van der Waals surface area contributed by atoms with Crippen LogP contribution in [-0.2, 0) is 22.5 Å². The van der Waals surface area contributed by atoms with Crippen LogP contribution in [-0.4, -0.2) is 31.3 Å². The monoisotopic (exact) mass is 278 g/mol. The van der Waals surface area contributed by atoms with Crippen molar-refractivity contribution in [3.05, 3.63) is 29.3 Å². The normalized spacial score (nSPS) is 15.7. The zero-order valence-electron chi connectivity index (χ0n) is 12.1. The van der Waals surface area contributed by atoms with Gasteiger partial charge in [0.05, 0.1) is 6.61 Å². The molecule has 0 saturated carbocycles. The summed E-state index contributed by atoms with van der Waals surface area (Å²) in [6, 6.07) is 6.24. The molecule has 2 rings (SSSR count). The van der Waals surface area contributed by atoms with Gasteiger partial charge < -0.3 is 20.5 Å². The van der Waals surface area contributed by atoms with E-state index in [0.29, 0.717) is 13.2 Å². The summed E-state index contributed by atoms with van der Waals surface area (Å²) in [4.78, 5) is 10.5. The zero-order valence-corrected chi connectivity index (χ0v) is 12.1. The average molecular weight is 278 g/mol. The first-order valence-electron chi connectivity index (χ1n) is 6.84. The SMILES string of the molecule is CC1(C)Cc2cccc(CNCCOCC(N)=O)c2O1. The van der Waals surface area contributed by atoms with Crippen LogP contribution in [0.15, 0.2) is 18.2 Å². The summed E-state index contributed by atoms with van der Waals surface area (Å²) >= 11 is 0. The van der Waals surface area contributed by atoms with Crippen LogP contribution in [0.5, 0.6) is 5.75 Å². The third-order valence-corrected chi connectivity index (χ3v) is 3.16. The van der Waals surface area contributed by atoms with E-state index in [1.54, 1.807) is 0 Å². The number of nitrogens with two attached hydrogens (primary N) is 1. The Bertz CT molecular complexity index is 486. The Balaban J connectivity index is 1.80. The standard InChI is InChI=1S/C15H22N2O3/c1-15(2)8-11-4-3-5-12(14(11)20-15)9-17-6-7-19-10-13(16)18/h3-5,17H,6-10H2,1-2H3,(H2,16,18). The fourth-order valence-electron chi connectivity index (χ4n) is 2.36. The van der Waals surface area contributed by atoms with E-state index in [2.05, 4.69) is 37.4 Å². The molecule has 0 radical (unpaired) electrons. The zero-order chi connectivity index (χ0) is 14.6. The van der Waals surface area contributed by atoms with Crippen molar-refractivity contribution in [3.8, 4) is 5.75 Å². The van der Waals surface area contributed by atoms with E-state index in [1.165, 1.54) is 5.56 Å². The molecule has 1 amide bonds. The Morgan fingerprint density at radius 3 is 3.05 bits per heavy atom. The molecule has 0 aromatic heterocycles. The van der Waals surface area contributed by atoms with Crippen molar-refractivity contribution < 1.29 is 14.3 Å². The molecule has 1 aliphatic rings. The molecule has 110 valence electrons. The first-order chi connectivity index (χ1) is 9.48. The lowest BCUT2D eigenvalue weighted by Crippen LogP contribution is -2.25. The number of benzene rings is 1. The number of amides is 1. The summed E-state index contributed by atoms with van der Waals surface area (Å²) in [6.07, 6.45) is 0.942. The van der Waals surface area contributed by atoms with E-state index < -0.39 is 5.91 Å². The van der Waals surface area contributed by atoms with Gasteiger partial charge in [-0.05, 0) is 19.4 Å². The van der Waals surface area contributed by atoms with Crippen molar-refractivity contribution in [2.24, 2.45) is 5.73 Å². The third-order valence-electron chi connectivity index (χ3n) is 3.16. The van der Waals surface area contributed by atoms with Gasteiger partial charge in [0, 0.05) is 25.1 Å². The van der Waals surface area contributed by atoms with Crippen molar-refractivity contribution in [1.29, 1.82) is 0 Å². The molecule has 5 heteroatoms. The number of hydrogen-bond donors (Lipinski definition) is 2. The molecule has 5 nitrogen and oxygen atoms in total. The second-order valence-electron chi connectivity index (χ2n) is 5.64. The molecular weight excluding hydrogens is 256 g/mol. The minimum Gasteiger partial charge on any atom is -0.487 e. The number of carbonyl (C=O) groups is 1. The van der Waals surface area contributed by atoms with Crippen LogP contribution in [0.2, 0.25) is 0 Å². The Hall–Kier alpha value is -1.59. The quantitative estimate of drug-likeness (QED) is 0.730. The lowest BCUT2D eigenvalue weighted by molar-refractivity contribution is -0.122. The van der Waals surface area contributed by atoms with Gasteiger partial charge in [-0.15, -0.1) is 0 Å². The van der Waals surface area contributed by atoms with Gasteiger partial charge in [-0.25, -0.2) is 0 Å². The van der Waals surface area contributed by atoms with Crippen LogP contribution in [0, 0.1) is 0 Å². The molecule has 0 aliphatic carbocycles. The van der Waals surface area contributed by atoms with E-state index in [4.69, 9.17) is 15.2 Å². The van der Waals surface area contributed by atoms with E-state index >= 15 is 0 Å². The minimum absolute atomic E-state index is 0.0281. The predicted octanol–water partition coefficient (Wildman–Crippen LogP) is 0.992.